The van der Waals surface area contributed by atoms with Crippen molar-refractivity contribution in [1.82, 2.24) is 29.4 Å². The number of thioether (sulfide) groups is 1. The van der Waals surface area contributed by atoms with Crippen molar-refractivity contribution in [2.75, 3.05) is 11.1 Å². The quantitative estimate of drug-likeness (QED) is 0.546. The highest BCUT2D eigenvalue weighted by molar-refractivity contribution is 8.00. The minimum absolute atomic E-state index is 0.158. The second-order valence-electron chi connectivity index (χ2n) is 5.52. The van der Waals surface area contributed by atoms with Crippen LogP contribution in [0, 0.1) is 0 Å². The summed E-state index contributed by atoms with van der Waals surface area (Å²) in [5.74, 6) is 0.405. The van der Waals surface area contributed by atoms with Crippen LogP contribution in [-0.4, -0.2) is 41.0 Å². The number of aryl methyl sites for hydroxylation is 1. The van der Waals surface area contributed by atoms with Gasteiger partial charge >= 0.3 is 0 Å². The highest BCUT2D eigenvalue weighted by Crippen LogP contribution is 2.19. The number of aromatic nitrogens is 6. The van der Waals surface area contributed by atoms with Gasteiger partial charge in [-0.25, -0.2) is 4.52 Å². The Balaban J connectivity index is 1.47. The predicted octanol–water partition coefficient (Wildman–Crippen LogP) is 2.26. The molecule has 0 atom stereocenters. The number of rotatable bonds is 5. The molecule has 1 amide bonds. The van der Waals surface area contributed by atoms with Crippen LogP contribution in [0.15, 0.2) is 60.0 Å². The Morgan fingerprint density at radius 3 is 2.77 bits per heavy atom. The lowest BCUT2D eigenvalue weighted by Gasteiger charge is -2.01. The molecule has 0 aromatic carbocycles. The van der Waals surface area contributed by atoms with Crippen molar-refractivity contribution in [3.8, 4) is 11.3 Å². The smallest absolute Gasteiger partial charge is 0.249 e. The van der Waals surface area contributed by atoms with Crippen LogP contribution in [-0.2, 0) is 11.8 Å². The van der Waals surface area contributed by atoms with Crippen LogP contribution in [0.5, 0.6) is 0 Å². The van der Waals surface area contributed by atoms with E-state index in [-0.39, 0.29) is 17.6 Å². The zero-order valence-corrected chi connectivity index (χ0v) is 14.7. The summed E-state index contributed by atoms with van der Waals surface area (Å²) in [7, 11) is 1.88. The lowest BCUT2D eigenvalue weighted by molar-refractivity contribution is -0.113. The zero-order valence-electron chi connectivity index (χ0n) is 13.9. The maximum atomic E-state index is 12.1. The summed E-state index contributed by atoms with van der Waals surface area (Å²) < 4.78 is 3.44. The van der Waals surface area contributed by atoms with E-state index in [1.807, 2.05) is 43.6 Å². The average molecular weight is 365 g/mol. The minimum Gasteiger partial charge on any atom is -0.292 e. The van der Waals surface area contributed by atoms with Crippen molar-refractivity contribution in [3.63, 3.8) is 0 Å². The van der Waals surface area contributed by atoms with Gasteiger partial charge in [0.05, 0.1) is 11.4 Å². The van der Waals surface area contributed by atoms with E-state index in [4.69, 9.17) is 0 Å². The predicted molar refractivity (Wildman–Crippen MR) is 98.8 cm³/mol. The molecule has 130 valence electrons. The largest absolute Gasteiger partial charge is 0.292 e. The fourth-order valence-corrected chi connectivity index (χ4v) is 3.17. The first-order chi connectivity index (χ1) is 12.7. The van der Waals surface area contributed by atoms with Crippen LogP contribution in [0.1, 0.15) is 0 Å². The highest BCUT2D eigenvalue weighted by atomic mass is 32.2. The van der Waals surface area contributed by atoms with Crippen LogP contribution < -0.4 is 5.32 Å². The first-order valence-corrected chi connectivity index (χ1v) is 8.85. The standard InChI is InChI=1S/C17H15N7OS/c1-23-14(6-9-19-23)12-2-3-15-20-17(22-24(15)10-12)21-16(25)11-26-13-4-7-18-8-5-13/h2-10H,11H2,1H3,(H,21,22,25). The lowest BCUT2D eigenvalue weighted by atomic mass is 10.2. The normalized spacial score (nSPS) is 11.0. The molecule has 0 saturated heterocycles. The van der Waals surface area contributed by atoms with Crippen LogP contribution in [0.2, 0.25) is 0 Å². The lowest BCUT2D eigenvalue weighted by Crippen LogP contribution is -2.15. The first kappa shape index (κ1) is 16.3. The van der Waals surface area contributed by atoms with Crippen LogP contribution in [0.4, 0.5) is 5.95 Å². The number of nitrogens with one attached hydrogen (secondary N) is 1. The van der Waals surface area contributed by atoms with E-state index in [0.717, 1.165) is 16.2 Å². The molecule has 4 rings (SSSR count). The fraction of sp³-hybridized carbons (Fsp3) is 0.118. The van der Waals surface area contributed by atoms with Gasteiger partial charge in [-0.1, -0.05) is 0 Å². The summed E-state index contributed by atoms with van der Waals surface area (Å²) in [4.78, 5) is 21.4. The first-order valence-electron chi connectivity index (χ1n) is 7.86. The van der Waals surface area contributed by atoms with Crippen molar-refractivity contribution < 1.29 is 4.79 Å². The summed E-state index contributed by atoms with van der Waals surface area (Å²) in [6.45, 7) is 0. The fourth-order valence-electron chi connectivity index (χ4n) is 2.49. The van der Waals surface area contributed by atoms with Gasteiger partial charge in [0.2, 0.25) is 11.9 Å². The van der Waals surface area contributed by atoms with Crippen molar-refractivity contribution in [2.45, 2.75) is 4.90 Å². The summed E-state index contributed by atoms with van der Waals surface area (Å²) >= 11 is 1.43. The molecule has 8 nitrogen and oxygen atoms in total. The van der Waals surface area contributed by atoms with Crippen molar-refractivity contribution in [3.05, 3.63) is 55.1 Å². The van der Waals surface area contributed by atoms with Crippen LogP contribution >= 0.6 is 11.8 Å². The van der Waals surface area contributed by atoms with Gasteiger partial charge in [-0.15, -0.1) is 16.9 Å². The van der Waals surface area contributed by atoms with Gasteiger partial charge in [0, 0.05) is 42.3 Å². The molecule has 0 spiro atoms. The van der Waals surface area contributed by atoms with E-state index in [1.165, 1.54) is 11.8 Å². The Bertz CT molecular complexity index is 1060. The molecule has 0 unspecified atom stereocenters. The Morgan fingerprint density at radius 2 is 2.00 bits per heavy atom. The summed E-state index contributed by atoms with van der Waals surface area (Å²) in [5.41, 5.74) is 2.60. The SMILES string of the molecule is Cn1nccc1-c1ccc2nc(NC(=O)CSc3ccncc3)nn2c1. The minimum atomic E-state index is -0.158. The Morgan fingerprint density at radius 1 is 1.15 bits per heavy atom. The molecule has 4 aromatic rings. The monoisotopic (exact) mass is 365 g/mol. The molecular weight excluding hydrogens is 350 g/mol. The van der Waals surface area contributed by atoms with Gasteiger partial charge in [0.25, 0.3) is 0 Å². The number of amides is 1. The molecule has 1 N–H and O–H groups in total. The second-order valence-corrected chi connectivity index (χ2v) is 6.56. The van der Waals surface area contributed by atoms with E-state index in [1.54, 1.807) is 27.8 Å². The number of hydrogen-bond acceptors (Lipinski definition) is 6. The summed E-state index contributed by atoms with van der Waals surface area (Å²) in [5, 5.41) is 11.2. The number of carbonyl (C=O) groups is 1. The molecule has 0 aliphatic rings. The summed E-state index contributed by atoms with van der Waals surface area (Å²) in [6, 6.07) is 9.46. The molecule has 0 fully saturated rings. The van der Waals surface area contributed by atoms with Crippen molar-refractivity contribution in [2.24, 2.45) is 7.05 Å². The van der Waals surface area contributed by atoms with Crippen molar-refractivity contribution >= 4 is 29.3 Å². The third-order valence-corrected chi connectivity index (χ3v) is 4.73. The molecule has 0 aliphatic heterocycles. The maximum Gasteiger partial charge on any atom is 0.249 e. The average Bonchev–Trinajstić information content (AvgIpc) is 3.25. The number of nitrogens with zero attached hydrogens (tertiary/aromatic N) is 6. The van der Waals surface area contributed by atoms with Crippen LogP contribution in [0.25, 0.3) is 16.9 Å². The number of anilines is 1. The molecular formula is C17H15N7OS. The molecule has 9 heteroatoms. The number of hydrogen-bond donors (Lipinski definition) is 1. The van der Waals surface area contributed by atoms with Crippen LogP contribution in [0.3, 0.4) is 0 Å². The molecule has 0 saturated carbocycles. The Kier molecular flexibility index (Phi) is 4.36. The van der Waals surface area contributed by atoms with Gasteiger partial charge in [0.1, 0.15) is 0 Å². The number of carbonyl (C=O) groups excluding carboxylic acids is 1. The number of fused-ring (bicyclic) bond motifs is 1. The molecule has 0 radical (unpaired) electrons. The van der Waals surface area contributed by atoms with Gasteiger partial charge < -0.3 is 0 Å². The van der Waals surface area contributed by atoms with Gasteiger partial charge in [-0.3, -0.25) is 19.8 Å². The van der Waals surface area contributed by atoms with E-state index in [0.29, 0.717) is 5.65 Å². The second kappa shape index (κ2) is 6.96. The van der Waals surface area contributed by atoms with Crippen molar-refractivity contribution in [1.29, 1.82) is 0 Å². The number of pyridine rings is 2. The topological polar surface area (TPSA) is 90.0 Å². The van der Waals surface area contributed by atoms with Gasteiger partial charge in [0.15, 0.2) is 5.65 Å². The third-order valence-electron chi connectivity index (χ3n) is 3.72. The third kappa shape index (κ3) is 3.42. The van der Waals surface area contributed by atoms with E-state index < -0.39 is 0 Å². The van der Waals surface area contributed by atoms with E-state index in [2.05, 4.69) is 25.5 Å². The molecule has 4 heterocycles. The van der Waals surface area contributed by atoms with Gasteiger partial charge in [-0.2, -0.15) is 10.1 Å². The van der Waals surface area contributed by atoms with E-state index in [9.17, 15) is 4.79 Å². The Hall–Kier alpha value is -3.20. The Labute approximate surface area is 153 Å². The highest BCUT2D eigenvalue weighted by Gasteiger charge is 2.10. The maximum absolute atomic E-state index is 12.1. The summed E-state index contributed by atoms with van der Waals surface area (Å²) in [6.07, 6.45) is 7.00. The molecule has 26 heavy (non-hydrogen) atoms. The molecule has 4 aromatic heterocycles. The van der Waals surface area contributed by atoms with E-state index >= 15 is 0 Å². The molecule has 0 aliphatic carbocycles. The zero-order chi connectivity index (χ0) is 17.9. The molecule has 0 bridgehead atoms. The van der Waals surface area contributed by atoms with Gasteiger partial charge in [-0.05, 0) is 30.3 Å².